The van der Waals surface area contributed by atoms with E-state index in [1.165, 1.54) is 6.92 Å². The van der Waals surface area contributed by atoms with Gasteiger partial charge in [-0.2, -0.15) is 0 Å². The van der Waals surface area contributed by atoms with Crippen LogP contribution in [0.3, 0.4) is 0 Å². The van der Waals surface area contributed by atoms with E-state index in [1.807, 2.05) is 0 Å². The van der Waals surface area contributed by atoms with Gasteiger partial charge in [0.1, 0.15) is 6.54 Å². The molecule has 1 atom stereocenters. The van der Waals surface area contributed by atoms with E-state index < -0.39 is 10.0 Å². The molecule has 1 aromatic rings. The molecular weight excluding hydrogens is 328 g/mol. The molecule has 1 aromatic carbocycles. The van der Waals surface area contributed by atoms with Gasteiger partial charge in [-0.25, -0.2) is 8.42 Å². The third-order valence-electron chi connectivity index (χ3n) is 4.25. The zero-order valence-corrected chi connectivity index (χ0v) is 15.2. The molecule has 1 fully saturated rings. The Hall–Kier alpha value is -1.89. The lowest BCUT2D eigenvalue weighted by atomic mass is 10.0. The summed E-state index contributed by atoms with van der Waals surface area (Å²) in [6, 6.07) is 6.26. The lowest BCUT2D eigenvalue weighted by Gasteiger charge is -2.33. The Morgan fingerprint density at radius 2 is 1.88 bits per heavy atom. The quantitative estimate of drug-likeness (QED) is 0.759. The highest BCUT2D eigenvalue weighted by molar-refractivity contribution is 7.92. The monoisotopic (exact) mass is 352 g/mol. The highest BCUT2D eigenvalue weighted by Crippen LogP contribution is 2.20. The maximum absolute atomic E-state index is 12.5. The van der Waals surface area contributed by atoms with E-state index in [4.69, 9.17) is 0 Å². The van der Waals surface area contributed by atoms with Gasteiger partial charge in [0.15, 0.2) is 5.78 Å². The van der Waals surface area contributed by atoms with Crippen molar-refractivity contribution in [2.75, 3.05) is 30.2 Å². The maximum atomic E-state index is 12.5. The topological polar surface area (TPSA) is 74.8 Å². The van der Waals surface area contributed by atoms with Crippen LogP contribution < -0.4 is 4.31 Å². The molecule has 2 rings (SSSR count). The summed E-state index contributed by atoms with van der Waals surface area (Å²) in [5.74, 6) is 0.151. The molecule has 0 N–H and O–H groups in total. The Bertz CT molecular complexity index is 713. The van der Waals surface area contributed by atoms with Crippen LogP contribution in [0.25, 0.3) is 0 Å². The number of amides is 1. The van der Waals surface area contributed by atoms with Crippen molar-refractivity contribution < 1.29 is 18.0 Å². The second-order valence-electron chi connectivity index (χ2n) is 6.46. The summed E-state index contributed by atoms with van der Waals surface area (Å²) < 4.78 is 25.3. The van der Waals surface area contributed by atoms with Crippen molar-refractivity contribution in [1.29, 1.82) is 0 Å². The van der Waals surface area contributed by atoms with Crippen LogP contribution in [0, 0.1) is 5.92 Å². The van der Waals surface area contributed by atoms with Gasteiger partial charge in [-0.05, 0) is 49.9 Å². The number of piperidine rings is 1. The molecule has 6 nitrogen and oxygen atoms in total. The number of benzene rings is 1. The Morgan fingerprint density at radius 1 is 1.25 bits per heavy atom. The number of Topliss-reactive ketones (excluding diaryl/α,β-unsaturated/α-hetero) is 1. The molecule has 1 aliphatic rings. The van der Waals surface area contributed by atoms with Crippen LogP contribution in [-0.2, 0) is 14.8 Å². The second-order valence-corrected chi connectivity index (χ2v) is 8.37. The SMILES string of the molecule is CC(=O)c1ccc(N(CC(=O)N2CCCC(C)C2)S(C)(=O)=O)cc1. The minimum Gasteiger partial charge on any atom is -0.341 e. The molecule has 132 valence electrons. The van der Waals surface area contributed by atoms with Gasteiger partial charge < -0.3 is 4.90 Å². The van der Waals surface area contributed by atoms with Gasteiger partial charge in [0.05, 0.1) is 11.9 Å². The summed E-state index contributed by atoms with van der Waals surface area (Å²) in [7, 11) is -3.60. The summed E-state index contributed by atoms with van der Waals surface area (Å²) in [5.41, 5.74) is 0.893. The molecule has 1 saturated heterocycles. The van der Waals surface area contributed by atoms with Crippen LogP contribution in [-0.4, -0.2) is 50.9 Å². The smallest absolute Gasteiger partial charge is 0.243 e. The van der Waals surface area contributed by atoms with E-state index in [9.17, 15) is 18.0 Å². The van der Waals surface area contributed by atoms with Crippen LogP contribution >= 0.6 is 0 Å². The summed E-state index contributed by atoms with van der Waals surface area (Å²) in [5, 5.41) is 0. The van der Waals surface area contributed by atoms with Gasteiger partial charge in [-0.15, -0.1) is 0 Å². The van der Waals surface area contributed by atoms with E-state index in [2.05, 4.69) is 6.92 Å². The average Bonchev–Trinajstić information content (AvgIpc) is 2.51. The largest absolute Gasteiger partial charge is 0.341 e. The first-order valence-electron chi connectivity index (χ1n) is 8.05. The molecule has 1 unspecified atom stereocenters. The van der Waals surface area contributed by atoms with E-state index in [0.717, 1.165) is 23.4 Å². The minimum absolute atomic E-state index is 0.0918. The summed E-state index contributed by atoms with van der Waals surface area (Å²) >= 11 is 0. The molecule has 0 saturated carbocycles. The molecule has 0 bridgehead atoms. The molecule has 7 heteroatoms. The van der Waals surface area contributed by atoms with Crippen LogP contribution in [0.5, 0.6) is 0 Å². The highest BCUT2D eigenvalue weighted by Gasteiger charge is 2.26. The molecule has 0 aromatic heterocycles. The molecular formula is C17H24N2O4S. The molecule has 1 amide bonds. The molecule has 1 heterocycles. The third kappa shape index (κ3) is 4.56. The predicted octanol–water partition coefficient (Wildman–Crippen LogP) is 1.91. The van der Waals surface area contributed by atoms with Crippen molar-refractivity contribution in [1.82, 2.24) is 4.90 Å². The first-order valence-corrected chi connectivity index (χ1v) is 9.90. The molecule has 0 aliphatic carbocycles. The standard InChI is InChI=1S/C17H24N2O4S/c1-13-5-4-10-18(11-13)17(21)12-19(24(3,22)23)16-8-6-15(7-9-16)14(2)20/h6-9,13H,4-5,10-12H2,1-3H3. The van der Waals surface area contributed by atoms with E-state index >= 15 is 0 Å². The second kappa shape index (κ2) is 7.34. The van der Waals surface area contributed by atoms with Crippen LogP contribution in [0.15, 0.2) is 24.3 Å². The molecule has 1 aliphatic heterocycles. The zero-order valence-electron chi connectivity index (χ0n) is 14.4. The number of carbonyl (C=O) groups excluding carboxylic acids is 2. The van der Waals surface area contributed by atoms with E-state index in [0.29, 0.717) is 30.3 Å². The van der Waals surface area contributed by atoms with Crippen molar-refractivity contribution in [3.8, 4) is 0 Å². The predicted molar refractivity (Wildman–Crippen MR) is 93.6 cm³/mol. The van der Waals surface area contributed by atoms with Crippen LogP contribution in [0.1, 0.15) is 37.0 Å². The van der Waals surface area contributed by atoms with Gasteiger partial charge in [0.25, 0.3) is 0 Å². The number of carbonyl (C=O) groups is 2. The number of ketones is 1. The van der Waals surface area contributed by atoms with Crippen molar-refractivity contribution in [2.24, 2.45) is 5.92 Å². The zero-order chi connectivity index (χ0) is 17.9. The number of likely N-dealkylation sites (tertiary alicyclic amines) is 1. The molecule has 24 heavy (non-hydrogen) atoms. The highest BCUT2D eigenvalue weighted by atomic mass is 32.2. The number of hydrogen-bond acceptors (Lipinski definition) is 4. The Morgan fingerprint density at radius 3 is 2.38 bits per heavy atom. The lowest BCUT2D eigenvalue weighted by molar-refractivity contribution is -0.131. The average molecular weight is 352 g/mol. The van der Waals surface area contributed by atoms with Crippen LogP contribution in [0.2, 0.25) is 0 Å². The lowest BCUT2D eigenvalue weighted by Crippen LogP contribution is -2.46. The number of sulfonamides is 1. The molecule has 0 radical (unpaired) electrons. The van der Waals surface area contributed by atoms with Gasteiger partial charge in [0.2, 0.25) is 15.9 Å². The fourth-order valence-corrected chi connectivity index (χ4v) is 3.75. The third-order valence-corrected chi connectivity index (χ3v) is 5.39. The summed E-state index contributed by atoms with van der Waals surface area (Å²) in [6.45, 7) is 4.66. The maximum Gasteiger partial charge on any atom is 0.243 e. The summed E-state index contributed by atoms with van der Waals surface area (Å²) in [6.07, 6.45) is 3.11. The fraction of sp³-hybridized carbons (Fsp3) is 0.529. The summed E-state index contributed by atoms with van der Waals surface area (Å²) in [4.78, 5) is 25.6. The molecule has 0 spiro atoms. The van der Waals surface area contributed by atoms with Crippen molar-refractivity contribution >= 4 is 27.4 Å². The van der Waals surface area contributed by atoms with Crippen molar-refractivity contribution in [3.63, 3.8) is 0 Å². The number of rotatable bonds is 5. The van der Waals surface area contributed by atoms with Gasteiger partial charge >= 0.3 is 0 Å². The van der Waals surface area contributed by atoms with Crippen molar-refractivity contribution in [2.45, 2.75) is 26.7 Å². The Kier molecular flexibility index (Phi) is 5.64. The van der Waals surface area contributed by atoms with Gasteiger partial charge in [-0.1, -0.05) is 6.92 Å². The normalized spacial score (nSPS) is 18.3. The van der Waals surface area contributed by atoms with Gasteiger partial charge in [-0.3, -0.25) is 13.9 Å². The van der Waals surface area contributed by atoms with E-state index in [1.54, 1.807) is 29.2 Å². The minimum atomic E-state index is -3.60. The van der Waals surface area contributed by atoms with E-state index in [-0.39, 0.29) is 18.2 Å². The fourth-order valence-electron chi connectivity index (χ4n) is 2.90. The first kappa shape index (κ1) is 18.4. The van der Waals surface area contributed by atoms with Gasteiger partial charge in [0, 0.05) is 18.7 Å². The van der Waals surface area contributed by atoms with Crippen molar-refractivity contribution in [3.05, 3.63) is 29.8 Å². The Balaban J connectivity index is 2.20. The first-order chi connectivity index (χ1) is 11.2. The Labute approximate surface area is 143 Å². The van der Waals surface area contributed by atoms with Crippen LogP contribution in [0.4, 0.5) is 5.69 Å². The number of nitrogens with zero attached hydrogens (tertiary/aromatic N) is 2. The number of anilines is 1. The number of hydrogen-bond donors (Lipinski definition) is 0.